The number of imide groups is 1. The van der Waals surface area contributed by atoms with Gasteiger partial charge in [-0.1, -0.05) is 13.0 Å². The number of nitrogens with one attached hydrogen (secondary N) is 1. The molecule has 1 aliphatic heterocycles. The minimum Gasteiger partial charge on any atom is -0.373 e. The van der Waals surface area contributed by atoms with Crippen molar-refractivity contribution < 1.29 is 14.5 Å². The molecule has 0 spiro atoms. The van der Waals surface area contributed by atoms with Crippen LogP contribution in [0.3, 0.4) is 0 Å². The largest absolute Gasteiger partial charge is 0.373 e. The Morgan fingerprint density at radius 1 is 1.48 bits per heavy atom. The zero-order valence-electron chi connectivity index (χ0n) is 11.9. The van der Waals surface area contributed by atoms with Gasteiger partial charge in [-0.15, -0.1) is 0 Å². The van der Waals surface area contributed by atoms with E-state index < -0.39 is 11.0 Å². The van der Waals surface area contributed by atoms with E-state index in [1.807, 2.05) is 13.8 Å². The highest BCUT2D eigenvalue weighted by Gasteiger charge is 2.40. The summed E-state index contributed by atoms with van der Waals surface area (Å²) in [5.74, 6) is -0.488. The second kappa shape index (κ2) is 5.90. The van der Waals surface area contributed by atoms with Crippen LogP contribution in [0.25, 0.3) is 0 Å². The Labute approximate surface area is 122 Å². The third kappa shape index (κ3) is 3.01. The summed E-state index contributed by atoms with van der Waals surface area (Å²) in [6.07, 6.45) is 0.771. The number of benzene rings is 1. The van der Waals surface area contributed by atoms with Crippen molar-refractivity contribution in [3.63, 3.8) is 0 Å². The Balaban J connectivity index is 2.14. The molecule has 1 aromatic carbocycles. The molecule has 0 radical (unpaired) electrons. The van der Waals surface area contributed by atoms with E-state index in [1.165, 1.54) is 23.1 Å². The molecule has 21 heavy (non-hydrogen) atoms. The van der Waals surface area contributed by atoms with Gasteiger partial charge in [-0.25, -0.2) is 0 Å². The molecule has 0 saturated carbocycles. The lowest BCUT2D eigenvalue weighted by atomic mass is 10.2. The maximum atomic E-state index is 12.2. The minimum atomic E-state index is -0.659. The molecule has 7 heteroatoms. The molecule has 0 aromatic heterocycles. The number of carbonyl (C=O) groups is 2. The van der Waals surface area contributed by atoms with E-state index >= 15 is 0 Å². The average molecular weight is 291 g/mol. The monoisotopic (exact) mass is 291 g/mol. The number of non-ortho nitro benzene ring substituents is 1. The lowest BCUT2D eigenvalue weighted by Gasteiger charge is -2.21. The van der Waals surface area contributed by atoms with Gasteiger partial charge < -0.3 is 5.32 Å². The number of anilines is 1. The van der Waals surface area contributed by atoms with E-state index in [9.17, 15) is 19.7 Å². The molecule has 2 unspecified atom stereocenters. The molecule has 1 saturated heterocycles. The number of likely N-dealkylation sites (tertiary alicyclic amines) is 1. The lowest BCUT2D eigenvalue weighted by Crippen LogP contribution is -2.40. The van der Waals surface area contributed by atoms with Gasteiger partial charge >= 0.3 is 0 Å². The number of nitrogens with zero attached hydrogens (tertiary/aromatic N) is 2. The fourth-order valence-electron chi connectivity index (χ4n) is 2.32. The van der Waals surface area contributed by atoms with Gasteiger partial charge in [-0.3, -0.25) is 24.6 Å². The van der Waals surface area contributed by atoms with Gasteiger partial charge in [0.05, 0.1) is 11.3 Å². The van der Waals surface area contributed by atoms with E-state index in [0.29, 0.717) is 12.1 Å². The van der Waals surface area contributed by atoms with Crippen molar-refractivity contribution in [2.75, 3.05) is 5.32 Å². The summed E-state index contributed by atoms with van der Waals surface area (Å²) in [5, 5.41) is 13.6. The molecule has 1 N–H and O–H groups in total. The molecule has 2 rings (SSSR count). The molecular formula is C14H17N3O4. The van der Waals surface area contributed by atoms with Crippen molar-refractivity contribution in [1.29, 1.82) is 0 Å². The number of hydrogen-bond donors (Lipinski definition) is 1. The zero-order valence-corrected chi connectivity index (χ0v) is 11.9. The number of carbonyl (C=O) groups excluding carboxylic acids is 2. The molecule has 112 valence electrons. The molecule has 7 nitrogen and oxygen atoms in total. The Hall–Kier alpha value is -2.44. The van der Waals surface area contributed by atoms with Crippen molar-refractivity contribution >= 4 is 23.2 Å². The third-order valence-electron chi connectivity index (χ3n) is 3.61. The van der Waals surface area contributed by atoms with E-state index in [-0.39, 0.29) is 30.0 Å². The predicted molar refractivity (Wildman–Crippen MR) is 76.7 cm³/mol. The Morgan fingerprint density at radius 3 is 2.81 bits per heavy atom. The van der Waals surface area contributed by atoms with Crippen LogP contribution in [-0.4, -0.2) is 33.7 Å². The van der Waals surface area contributed by atoms with Gasteiger partial charge in [0.25, 0.3) is 11.6 Å². The summed E-state index contributed by atoms with van der Waals surface area (Å²) in [4.78, 5) is 35.7. The molecule has 0 bridgehead atoms. The Morgan fingerprint density at radius 2 is 2.19 bits per heavy atom. The topological polar surface area (TPSA) is 92.6 Å². The smallest absolute Gasteiger partial charge is 0.271 e. The van der Waals surface area contributed by atoms with Crippen molar-refractivity contribution in [3.05, 3.63) is 34.4 Å². The maximum Gasteiger partial charge on any atom is 0.271 e. The number of nitro groups is 1. The second-order valence-electron chi connectivity index (χ2n) is 5.07. The van der Waals surface area contributed by atoms with Gasteiger partial charge in [0.15, 0.2) is 0 Å². The van der Waals surface area contributed by atoms with Crippen LogP contribution in [0.15, 0.2) is 24.3 Å². The van der Waals surface area contributed by atoms with Crippen LogP contribution >= 0.6 is 0 Å². The van der Waals surface area contributed by atoms with Gasteiger partial charge in [0.1, 0.15) is 6.04 Å². The number of rotatable bonds is 5. The molecule has 0 aliphatic carbocycles. The third-order valence-corrected chi connectivity index (χ3v) is 3.61. The highest BCUT2D eigenvalue weighted by atomic mass is 16.6. The second-order valence-corrected chi connectivity index (χ2v) is 5.07. The minimum absolute atomic E-state index is 0.0597. The van der Waals surface area contributed by atoms with E-state index in [0.717, 1.165) is 0 Å². The normalized spacial score (nSPS) is 19.7. The van der Waals surface area contributed by atoms with E-state index in [1.54, 1.807) is 6.07 Å². The molecule has 1 aromatic rings. The van der Waals surface area contributed by atoms with Crippen LogP contribution in [0.2, 0.25) is 0 Å². The zero-order chi connectivity index (χ0) is 15.6. The quantitative estimate of drug-likeness (QED) is 0.508. The summed E-state index contributed by atoms with van der Waals surface area (Å²) in [5.41, 5.74) is 0.400. The predicted octanol–water partition coefficient (Wildman–Crippen LogP) is 1.93. The maximum absolute atomic E-state index is 12.2. The first-order valence-corrected chi connectivity index (χ1v) is 6.81. The summed E-state index contributed by atoms with van der Waals surface area (Å²) in [6, 6.07) is 5.10. The highest BCUT2D eigenvalue weighted by Crippen LogP contribution is 2.23. The first kappa shape index (κ1) is 15.0. The summed E-state index contributed by atoms with van der Waals surface area (Å²) >= 11 is 0. The summed E-state index contributed by atoms with van der Waals surface area (Å²) in [6.45, 7) is 3.73. The SMILES string of the molecule is CCC(C)N1C(=O)CC(Nc2cccc([N+](=O)[O-])c2)C1=O. The van der Waals surface area contributed by atoms with Gasteiger partial charge in [-0.2, -0.15) is 0 Å². The van der Waals surface area contributed by atoms with E-state index in [2.05, 4.69) is 5.32 Å². The number of hydrogen-bond acceptors (Lipinski definition) is 5. The first-order chi connectivity index (χ1) is 9.93. The van der Waals surface area contributed by atoms with Crippen molar-refractivity contribution in [2.45, 2.75) is 38.8 Å². The lowest BCUT2D eigenvalue weighted by molar-refractivity contribution is -0.384. The first-order valence-electron chi connectivity index (χ1n) is 6.81. The Kier molecular flexibility index (Phi) is 4.21. The van der Waals surface area contributed by atoms with Crippen LogP contribution in [0.5, 0.6) is 0 Å². The fraction of sp³-hybridized carbons (Fsp3) is 0.429. The average Bonchev–Trinajstić information content (AvgIpc) is 2.73. The van der Waals surface area contributed by atoms with Crippen LogP contribution in [-0.2, 0) is 9.59 Å². The molecule has 1 fully saturated rings. The standard InChI is InChI=1S/C14H17N3O4/c1-3-9(2)16-13(18)8-12(14(16)19)15-10-5-4-6-11(7-10)17(20)21/h4-7,9,12,15H,3,8H2,1-2H3. The van der Waals surface area contributed by atoms with Crippen LogP contribution < -0.4 is 5.32 Å². The van der Waals surface area contributed by atoms with E-state index in [4.69, 9.17) is 0 Å². The van der Waals surface area contributed by atoms with Crippen LogP contribution in [0.4, 0.5) is 11.4 Å². The van der Waals surface area contributed by atoms with Crippen LogP contribution in [0.1, 0.15) is 26.7 Å². The van der Waals surface area contributed by atoms with Crippen molar-refractivity contribution in [3.8, 4) is 0 Å². The number of nitro benzene ring substituents is 1. The molecular weight excluding hydrogens is 274 g/mol. The molecule has 1 heterocycles. The van der Waals surface area contributed by atoms with Gasteiger partial charge in [0.2, 0.25) is 5.91 Å². The summed E-state index contributed by atoms with van der Waals surface area (Å²) < 4.78 is 0. The fourth-order valence-corrected chi connectivity index (χ4v) is 2.32. The molecule has 2 atom stereocenters. The Bertz CT molecular complexity index is 587. The number of amides is 2. The van der Waals surface area contributed by atoms with Crippen molar-refractivity contribution in [2.24, 2.45) is 0 Å². The van der Waals surface area contributed by atoms with Crippen molar-refractivity contribution in [1.82, 2.24) is 4.90 Å². The highest BCUT2D eigenvalue weighted by molar-refractivity contribution is 6.07. The molecule has 2 amide bonds. The van der Waals surface area contributed by atoms with Gasteiger partial charge in [-0.05, 0) is 19.4 Å². The summed E-state index contributed by atoms with van der Waals surface area (Å²) in [7, 11) is 0. The van der Waals surface area contributed by atoms with Crippen LogP contribution in [0, 0.1) is 10.1 Å². The molecule has 1 aliphatic rings. The van der Waals surface area contributed by atoms with Gasteiger partial charge in [0, 0.05) is 23.9 Å².